The third-order valence-corrected chi connectivity index (χ3v) is 2.20. The minimum Gasteiger partial charge on any atom is -0.390 e. The van der Waals surface area contributed by atoms with E-state index in [1.807, 2.05) is 6.92 Å². The molecule has 4 heteroatoms. The smallest absolute Gasteiger partial charge is 0.0961 e. The molecule has 1 fully saturated rings. The van der Waals surface area contributed by atoms with E-state index in [2.05, 4.69) is 5.32 Å². The second kappa shape index (κ2) is 4.77. The molecule has 1 unspecified atom stereocenters. The van der Waals surface area contributed by atoms with Crippen molar-refractivity contribution in [3.8, 4) is 0 Å². The van der Waals surface area contributed by atoms with Gasteiger partial charge in [0.2, 0.25) is 0 Å². The monoisotopic (exact) mass is 174 g/mol. The van der Waals surface area contributed by atoms with Gasteiger partial charge in [0.1, 0.15) is 0 Å². The largest absolute Gasteiger partial charge is 0.390 e. The van der Waals surface area contributed by atoms with Gasteiger partial charge in [-0.3, -0.25) is 0 Å². The van der Waals surface area contributed by atoms with Gasteiger partial charge in [0.15, 0.2) is 0 Å². The van der Waals surface area contributed by atoms with Crippen molar-refractivity contribution in [1.82, 2.24) is 5.32 Å². The van der Waals surface area contributed by atoms with Crippen molar-refractivity contribution in [2.24, 2.45) is 11.7 Å². The van der Waals surface area contributed by atoms with Crippen LogP contribution in [-0.2, 0) is 4.74 Å². The van der Waals surface area contributed by atoms with Crippen LogP contribution in [0.1, 0.15) is 6.92 Å². The van der Waals surface area contributed by atoms with Gasteiger partial charge < -0.3 is 20.9 Å². The molecule has 3 atom stereocenters. The number of rotatable bonds is 4. The Hall–Kier alpha value is -0.160. The van der Waals surface area contributed by atoms with E-state index in [0.29, 0.717) is 19.7 Å². The zero-order valence-corrected chi connectivity index (χ0v) is 7.49. The van der Waals surface area contributed by atoms with Crippen LogP contribution in [0.4, 0.5) is 0 Å². The third kappa shape index (κ3) is 2.42. The molecule has 1 aliphatic heterocycles. The van der Waals surface area contributed by atoms with Gasteiger partial charge in [-0.05, 0) is 0 Å². The molecule has 1 heterocycles. The second-order valence-corrected chi connectivity index (χ2v) is 3.33. The van der Waals surface area contributed by atoms with E-state index in [-0.39, 0.29) is 18.1 Å². The summed E-state index contributed by atoms with van der Waals surface area (Å²) in [6.07, 6.45) is -0.373. The molecule has 1 aliphatic rings. The molecule has 0 aromatic rings. The lowest BCUT2D eigenvalue weighted by Crippen LogP contribution is -2.37. The van der Waals surface area contributed by atoms with E-state index in [0.717, 1.165) is 6.54 Å². The lowest BCUT2D eigenvalue weighted by molar-refractivity contribution is 0.0403. The van der Waals surface area contributed by atoms with Crippen molar-refractivity contribution in [3.63, 3.8) is 0 Å². The average Bonchev–Trinajstić information content (AvgIpc) is 2.36. The second-order valence-electron chi connectivity index (χ2n) is 3.33. The fraction of sp³-hybridized carbons (Fsp3) is 1.00. The van der Waals surface area contributed by atoms with Crippen LogP contribution in [0, 0.1) is 5.92 Å². The summed E-state index contributed by atoms with van der Waals surface area (Å²) < 4.78 is 5.37. The van der Waals surface area contributed by atoms with E-state index < -0.39 is 0 Å². The van der Waals surface area contributed by atoms with E-state index in [9.17, 15) is 5.11 Å². The van der Waals surface area contributed by atoms with E-state index >= 15 is 0 Å². The van der Waals surface area contributed by atoms with Gasteiger partial charge in [-0.2, -0.15) is 0 Å². The molecule has 72 valence electrons. The molecule has 4 N–H and O–H groups in total. The van der Waals surface area contributed by atoms with Gasteiger partial charge in [0.25, 0.3) is 0 Å². The average molecular weight is 174 g/mol. The first-order chi connectivity index (χ1) is 5.75. The predicted molar refractivity (Wildman–Crippen MR) is 46.8 cm³/mol. The maximum atomic E-state index is 9.56. The van der Waals surface area contributed by atoms with Crippen LogP contribution in [0.15, 0.2) is 0 Å². The molecule has 0 amide bonds. The Bertz CT molecular complexity index is 132. The third-order valence-electron chi connectivity index (χ3n) is 2.20. The Balaban J connectivity index is 2.16. The highest BCUT2D eigenvalue weighted by Gasteiger charge is 2.31. The number of aliphatic hydroxyl groups excluding tert-OH is 1. The number of nitrogens with one attached hydrogen (secondary N) is 1. The number of ether oxygens (including phenoxy) is 1. The normalized spacial score (nSPS) is 35.8. The number of hydrogen-bond acceptors (Lipinski definition) is 4. The first-order valence-corrected chi connectivity index (χ1v) is 4.46. The highest BCUT2D eigenvalue weighted by molar-refractivity contribution is 4.82. The Morgan fingerprint density at radius 2 is 2.42 bits per heavy atom. The number of hydrogen-bond donors (Lipinski definition) is 3. The van der Waals surface area contributed by atoms with E-state index in [1.165, 1.54) is 0 Å². The summed E-state index contributed by atoms with van der Waals surface area (Å²) in [7, 11) is 0. The molecule has 4 nitrogen and oxygen atoms in total. The van der Waals surface area contributed by atoms with Crippen LogP contribution >= 0.6 is 0 Å². The van der Waals surface area contributed by atoms with Gasteiger partial charge in [0, 0.05) is 25.6 Å². The minimum atomic E-state index is -0.324. The van der Waals surface area contributed by atoms with Crippen molar-refractivity contribution in [3.05, 3.63) is 0 Å². The zero-order chi connectivity index (χ0) is 8.97. The first kappa shape index (κ1) is 9.92. The zero-order valence-electron chi connectivity index (χ0n) is 7.49. The maximum Gasteiger partial charge on any atom is 0.0961 e. The summed E-state index contributed by atoms with van der Waals surface area (Å²) in [4.78, 5) is 0. The molecule has 0 saturated carbocycles. The van der Waals surface area contributed by atoms with Crippen LogP contribution in [-0.4, -0.2) is 43.6 Å². The molecular formula is C8H18N2O2. The Labute approximate surface area is 73.1 Å². The summed E-state index contributed by atoms with van der Waals surface area (Å²) in [6.45, 7) is 4.76. The van der Waals surface area contributed by atoms with Crippen LogP contribution in [0.5, 0.6) is 0 Å². The van der Waals surface area contributed by atoms with Crippen LogP contribution < -0.4 is 11.1 Å². The molecule has 12 heavy (non-hydrogen) atoms. The fourth-order valence-corrected chi connectivity index (χ4v) is 1.37. The van der Waals surface area contributed by atoms with E-state index in [4.69, 9.17) is 10.5 Å². The van der Waals surface area contributed by atoms with Crippen molar-refractivity contribution >= 4 is 0 Å². The van der Waals surface area contributed by atoms with Crippen LogP contribution in [0.2, 0.25) is 0 Å². The van der Waals surface area contributed by atoms with Gasteiger partial charge >= 0.3 is 0 Å². The first-order valence-electron chi connectivity index (χ1n) is 4.46. The summed E-state index contributed by atoms with van der Waals surface area (Å²) >= 11 is 0. The summed E-state index contributed by atoms with van der Waals surface area (Å²) in [6, 6.07) is 0. The number of aliphatic hydroxyl groups is 1. The van der Waals surface area contributed by atoms with Crippen LogP contribution in [0.25, 0.3) is 0 Å². The molecule has 0 radical (unpaired) electrons. The van der Waals surface area contributed by atoms with Crippen molar-refractivity contribution in [2.45, 2.75) is 19.1 Å². The standard InChI is InChI=1S/C8H18N2O2/c1-6-5-12-7(8(6)11)4-10-3-2-9/h6-8,10-11H,2-5,9H2,1H3/t6?,7-,8-/m0/s1. The molecule has 1 saturated heterocycles. The highest BCUT2D eigenvalue weighted by Crippen LogP contribution is 2.18. The Kier molecular flexibility index (Phi) is 3.94. The summed E-state index contributed by atoms with van der Waals surface area (Å²) in [5.41, 5.74) is 5.31. The Morgan fingerprint density at radius 1 is 1.67 bits per heavy atom. The van der Waals surface area contributed by atoms with Gasteiger partial charge in [-0.15, -0.1) is 0 Å². The SMILES string of the molecule is CC1CO[C@@H](CNCCN)[C@H]1O. The molecule has 0 aliphatic carbocycles. The number of nitrogens with two attached hydrogens (primary N) is 1. The lowest BCUT2D eigenvalue weighted by Gasteiger charge is -2.15. The lowest BCUT2D eigenvalue weighted by atomic mass is 10.0. The fourth-order valence-electron chi connectivity index (χ4n) is 1.37. The topological polar surface area (TPSA) is 67.5 Å². The van der Waals surface area contributed by atoms with E-state index in [1.54, 1.807) is 0 Å². The van der Waals surface area contributed by atoms with Crippen molar-refractivity contribution in [2.75, 3.05) is 26.2 Å². The minimum absolute atomic E-state index is 0.0495. The highest BCUT2D eigenvalue weighted by atomic mass is 16.5. The molecule has 0 bridgehead atoms. The van der Waals surface area contributed by atoms with Crippen LogP contribution in [0.3, 0.4) is 0 Å². The molecular weight excluding hydrogens is 156 g/mol. The van der Waals surface area contributed by atoms with Gasteiger partial charge in [0.05, 0.1) is 18.8 Å². The molecule has 0 spiro atoms. The van der Waals surface area contributed by atoms with Gasteiger partial charge in [-0.1, -0.05) is 6.92 Å². The quantitative estimate of drug-likeness (QED) is 0.475. The summed E-state index contributed by atoms with van der Waals surface area (Å²) in [5, 5.41) is 12.7. The molecule has 0 aromatic carbocycles. The van der Waals surface area contributed by atoms with Crippen molar-refractivity contribution < 1.29 is 9.84 Å². The Morgan fingerprint density at radius 3 is 2.92 bits per heavy atom. The summed E-state index contributed by atoms with van der Waals surface area (Å²) in [5.74, 6) is 0.259. The van der Waals surface area contributed by atoms with Crippen molar-refractivity contribution in [1.29, 1.82) is 0 Å². The maximum absolute atomic E-state index is 9.56. The molecule has 1 rings (SSSR count). The van der Waals surface area contributed by atoms with Gasteiger partial charge in [-0.25, -0.2) is 0 Å². The molecule has 0 aromatic heterocycles. The predicted octanol–water partition coefficient (Wildman–Crippen LogP) is -1.07.